The Morgan fingerprint density at radius 3 is 2.46 bits per heavy atom. The van der Waals surface area contributed by atoms with Crippen LogP contribution < -0.4 is 5.32 Å². The second-order valence-corrected chi connectivity index (χ2v) is 16.2. The van der Waals surface area contributed by atoms with Gasteiger partial charge in [-0.25, -0.2) is 0 Å². The third-order valence-electron chi connectivity index (χ3n) is 9.35. The predicted molar refractivity (Wildman–Crippen MR) is 181 cm³/mol. The van der Waals surface area contributed by atoms with E-state index < -0.39 is 47.2 Å². The van der Waals surface area contributed by atoms with Crippen molar-refractivity contribution in [1.29, 1.82) is 0 Å². The number of nitrogens with one attached hydrogen (secondary N) is 1. The van der Waals surface area contributed by atoms with E-state index in [0.717, 1.165) is 19.3 Å². The SMILES string of the molecule is C=CCCC(=O)NC[C@H](C)OC(=O)[C@@H]1[C@H]2O[C@@]3(CC2Br)[C@H](C(=O)N(CC=C)C(C)(C)CC(C)(C)C)N(CCCCCCO)C(=O)[C@@H]13. The molecule has 2 N–H and O–H groups in total. The number of aliphatic hydroxyl groups excluding tert-OH is 1. The predicted octanol–water partition coefficient (Wildman–Crippen LogP) is 4.53. The number of hydrogen-bond acceptors (Lipinski definition) is 7. The van der Waals surface area contributed by atoms with Crippen LogP contribution in [-0.2, 0) is 28.7 Å². The largest absolute Gasteiger partial charge is 0.460 e. The third kappa shape index (κ3) is 8.42. The van der Waals surface area contributed by atoms with E-state index in [-0.39, 0.29) is 41.1 Å². The Kier molecular flexibility index (Phi) is 13.1. The minimum absolute atomic E-state index is 0.0676. The van der Waals surface area contributed by atoms with Gasteiger partial charge in [0, 0.05) is 36.5 Å². The quantitative estimate of drug-likeness (QED) is 0.0928. The number of allylic oxidation sites excluding steroid dienone is 1. The fraction of sp³-hybridized carbons (Fsp3) is 0.771. The first-order valence-corrected chi connectivity index (χ1v) is 17.7. The number of esters is 1. The van der Waals surface area contributed by atoms with Crippen LogP contribution in [0, 0.1) is 17.3 Å². The molecule has 1 spiro atoms. The van der Waals surface area contributed by atoms with Crippen molar-refractivity contribution in [3.63, 3.8) is 0 Å². The highest BCUT2D eigenvalue weighted by atomic mass is 79.9. The summed E-state index contributed by atoms with van der Waals surface area (Å²) in [4.78, 5) is 58.4. The number of ether oxygens (including phenoxy) is 2. The fourth-order valence-corrected chi connectivity index (χ4v) is 8.81. The number of unbranched alkanes of at least 4 members (excludes halogenated alkanes) is 3. The molecule has 2 bridgehead atoms. The van der Waals surface area contributed by atoms with Gasteiger partial charge < -0.3 is 29.7 Å². The normalized spacial score (nSPS) is 27.7. The Bertz CT molecular complexity index is 1140. The summed E-state index contributed by atoms with van der Waals surface area (Å²) in [5.74, 6) is -2.95. The molecule has 260 valence electrons. The molecule has 0 saturated carbocycles. The molecule has 7 atom stereocenters. The summed E-state index contributed by atoms with van der Waals surface area (Å²) < 4.78 is 12.5. The van der Waals surface area contributed by atoms with Crippen molar-refractivity contribution in [2.45, 2.75) is 127 Å². The Labute approximate surface area is 283 Å². The van der Waals surface area contributed by atoms with Crippen LogP contribution in [0.3, 0.4) is 0 Å². The number of carbonyl (C=O) groups is 4. The number of likely N-dealkylation sites (tertiary alicyclic amines) is 1. The zero-order chi connectivity index (χ0) is 34.4. The summed E-state index contributed by atoms with van der Waals surface area (Å²) in [5.41, 5.74) is -1.81. The van der Waals surface area contributed by atoms with E-state index >= 15 is 0 Å². The Hall–Kier alpha value is -2.24. The molecule has 10 nitrogen and oxygen atoms in total. The minimum atomic E-state index is -1.19. The second-order valence-electron chi connectivity index (χ2n) is 15.0. The minimum Gasteiger partial charge on any atom is -0.460 e. The highest BCUT2D eigenvalue weighted by Crippen LogP contribution is 2.60. The summed E-state index contributed by atoms with van der Waals surface area (Å²) in [5, 5.41) is 12.0. The Morgan fingerprint density at radius 2 is 1.85 bits per heavy atom. The van der Waals surface area contributed by atoms with Gasteiger partial charge in [0.2, 0.25) is 17.7 Å². The van der Waals surface area contributed by atoms with Gasteiger partial charge in [-0.1, -0.05) is 61.7 Å². The number of carbonyl (C=O) groups excluding carboxylic acids is 4. The van der Waals surface area contributed by atoms with Crippen LogP contribution in [0.4, 0.5) is 0 Å². The third-order valence-corrected chi connectivity index (χ3v) is 10.2. The number of hydrogen-bond donors (Lipinski definition) is 2. The van der Waals surface area contributed by atoms with Gasteiger partial charge in [-0.2, -0.15) is 0 Å². The van der Waals surface area contributed by atoms with Gasteiger partial charge in [0.05, 0.1) is 24.5 Å². The van der Waals surface area contributed by atoms with Crippen molar-refractivity contribution in [3.8, 4) is 0 Å². The molecule has 0 aromatic carbocycles. The van der Waals surface area contributed by atoms with Crippen LogP contribution in [0.2, 0.25) is 0 Å². The lowest BCUT2D eigenvalue weighted by Crippen LogP contribution is -2.61. The van der Waals surface area contributed by atoms with Gasteiger partial charge in [0.15, 0.2) is 0 Å². The molecule has 1 unspecified atom stereocenters. The first-order valence-electron chi connectivity index (χ1n) is 16.8. The van der Waals surface area contributed by atoms with Crippen LogP contribution in [-0.4, -0.2) is 99.1 Å². The van der Waals surface area contributed by atoms with E-state index in [2.05, 4.69) is 55.2 Å². The molecule has 0 radical (unpaired) electrons. The number of amides is 3. The molecule has 3 saturated heterocycles. The maximum absolute atomic E-state index is 14.9. The molecule has 0 aromatic heterocycles. The molecule has 3 rings (SSSR count). The molecule has 3 heterocycles. The van der Waals surface area contributed by atoms with Crippen molar-refractivity contribution in [1.82, 2.24) is 15.1 Å². The van der Waals surface area contributed by atoms with Gasteiger partial charge in [-0.15, -0.1) is 13.2 Å². The van der Waals surface area contributed by atoms with E-state index in [1.54, 1.807) is 24.0 Å². The highest BCUT2D eigenvalue weighted by molar-refractivity contribution is 9.09. The smallest absolute Gasteiger partial charge is 0.312 e. The standard InChI is InChI=1S/C35H56BrN3O7/c1-9-11-16-25(41)37-21-23(3)45-32(44)26-27-30(42)38(18-14-12-13-15-19-40)29(35(27)20-24(36)28(26)46-35)31(43)39(17-10-2)34(7,8)22-33(4,5)6/h9-10,23-24,26-29,40H,1-2,11-22H2,3-8H3,(H,37,41)/t23-,24?,26-,27+,28-,29-,35+/m0/s1. The first kappa shape index (κ1) is 38.2. The Morgan fingerprint density at radius 1 is 1.17 bits per heavy atom. The van der Waals surface area contributed by atoms with Crippen molar-refractivity contribution >= 4 is 39.6 Å². The van der Waals surface area contributed by atoms with E-state index in [1.807, 2.05) is 18.7 Å². The molecule has 11 heteroatoms. The number of halogens is 1. The monoisotopic (exact) mass is 709 g/mol. The maximum atomic E-state index is 14.9. The van der Waals surface area contributed by atoms with Crippen molar-refractivity contribution in [2.75, 3.05) is 26.2 Å². The average Bonchev–Trinajstić information content (AvgIpc) is 3.55. The van der Waals surface area contributed by atoms with Crippen LogP contribution >= 0.6 is 15.9 Å². The maximum Gasteiger partial charge on any atom is 0.312 e. The molecule has 3 amide bonds. The summed E-state index contributed by atoms with van der Waals surface area (Å²) in [6, 6.07) is -0.911. The molecule has 0 aromatic rings. The Balaban J connectivity index is 1.94. The van der Waals surface area contributed by atoms with Gasteiger partial charge in [0.1, 0.15) is 17.7 Å². The van der Waals surface area contributed by atoms with Crippen LogP contribution in [0.5, 0.6) is 0 Å². The highest BCUT2D eigenvalue weighted by Gasteiger charge is 2.77. The molecular weight excluding hydrogens is 654 g/mol. The summed E-state index contributed by atoms with van der Waals surface area (Å²) >= 11 is 3.73. The first-order chi connectivity index (χ1) is 21.5. The average molecular weight is 711 g/mol. The summed E-state index contributed by atoms with van der Waals surface area (Å²) in [6.45, 7) is 20.7. The number of nitrogens with zero attached hydrogens (tertiary/aromatic N) is 2. The van der Waals surface area contributed by atoms with Gasteiger partial charge in [0.25, 0.3) is 0 Å². The lowest BCUT2D eigenvalue weighted by Gasteiger charge is -2.45. The van der Waals surface area contributed by atoms with E-state index in [0.29, 0.717) is 45.2 Å². The zero-order valence-corrected chi connectivity index (χ0v) is 30.3. The summed E-state index contributed by atoms with van der Waals surface area (Å²) in [6.07, 6.45) is 7.04. The van der Waals surface area contributed by atoms with Crippen molar-refractivity contribution < 1.29 is 33.8 Å². The van der Waals surface area contributed by atoms with Gasteiger partial charge in [-0.05, 0) is 58.3 Å². The molecule has 3 aliphatic heterocycles. The van der Waals surface area contributed by atoms with Gasteiger partial charge >= 0.3 is 5.97 Å². The zero-order valence-electron chi connectivity index (χ0n) is 28.7. The second kappa shape index (κ2) is 15.8. The topological polar surface area (TPSA) is 125 Å². The molecule has 3 fully saturated rings. The molecule has 0 aliphatic carbocycles. The molecule has 3 aliphatic rings. The van der Waals surface area contributed by atoms with Crippen LogP contribution in [0.15, 0.2) is 25.3 Å². The van der Waals surface area contributed by atoms with Crippen molar-refractivity contribution in [3.05, 3.63) is 25.3 Å². The number of fused-ring (bicyclic) bond motifs is 1. The molecular formula is C35H56BrN3O7. The number of rotatable bonds is 18. The number of aliphatic hydroxyl groups is 1. The lowest BCUT2D eigenvalue weighted by molar-refractivity contribution is -0.159. The lowest BCUT2D eigenvalue weighted by atomic mass is 9.70. The number of alkyl halides is 1. The van der Waals surface area contributed by atoms with Gasteiger partial charge in [-0.3, -0.25) is 19.2 Å². The molecule has 46 heavy (non-hydrogen) atoms. The van der Waals surface area contributed by atoms with Crippen LogP contribution in [0.25, 0.3) is 0 Å². The summed E-state index contributed by atoms with van der Waals surface area (Å²) in [7, 11) is 0. The van der Waals surface area contributed by atoms with Crippen LogP contribution in [0.1, 0.15) is 92.9 Å². The van der Waals surface area contributed by atoms with E-state index in [4.69, 9.17) is 9.47 Å². The van der Waals surface area contributed by atoms with E-state index in [1.165, 1.54) is 0 Å². The van der Waals surface area contributed by atoms with E-state index in [9.17, 15) is 24.3 Å². The fourth-order valence-electron chi connectivity index (χ4n) is 7.87. The van der Waals surface area contributed by atoms with Crippen molar-refractivity contribution in [2.24, 2.45) is 17.3 Å².